The number of carbonyl (C=O) groups excluding carboxylic acids is 2. The minimum atomic E-state index is -0.570. The van der Waals surface area contributed by atoms with Crippen LogP contribution < -0.4 is 4.74 Å². The number of amides is 2. The Morgan fingerprint density at radius 1 is 0.850 bits per heavy atom. The molecule has 204 valence electrons. The molecule has 5 rings (SSSR count). The molecule has 0 aromatic heterocycles. The summed E-state index contributed by atoms with van der Waals surface area (Å²) in [4.78, 5) is 28.5. The first-order valence-corrected chi connectivity index (χ1v) is 13.9. The SMILES string of the molecule is CC(C)C[C@H](C(=O)N1C(=O)OC[C@@H]1Cc1ccccc1)c1cc(OCc2ccccc2)cc(-c2ccccc2)c1. The van der Waals surface area contributed by atoms with Crippen molar-refractivity contribution in [3.05, 3.63) is 126 Å². The predicted octanol–water partition coefficient (Wildman–Crippen LogP) is 7.65. The maximum Gasteiger partial charge on any atom is 0.417 e. The average molecular weight is 534 g/mol. The highest BCUT2D eigenvalue weighted by Crippen LogP contribution is 2.35. The second-order valence-electron chi connectivity index (χ2n) is 10.7. The average Bonchev–Trinajstić information content (AvgIpc) is 3.35. The standard InChI is InChI=1S/C35H35NO4/c1-25(2)18-33(34(37)36-31(24-40-35(36)38)19-26-12-6-3-7-13-26)30-20-29(28-16-10-5-11-17-28)21-32(22-30)39-23-27-14-8-4-9-15-27/h3-17,20-22,25,31,33H,18-19,23-24H2,1-2H3/t31-,33-/m0/s1. The van der Waals surface area contributed by atoms with Crippen LogP contribution in [0.25, 0.3) is 11.1 Å². The Morgan fingerprint density at radius 2 is 1.48 bits per heavy atom. The van der Waals surface area contributed by atoms with Crippen molar-refractivity contribution in [2.24, 2.45) is 5.92 Å². The first-order valence-electron chi connectivity index (χ1n) is 13.9. The Labute approximate surface area is 236 Å². The molecule has 0 aliphatic carbocycles. The van der Waals surface area contributed by atoms with Gasteiger partial charge in [-0.05, 0) is 58.7 Å². The number of imide groups is 1. The Kier molecular flexibility index (Phi) is 8.60. The van der Waals surface area contributed by atoms with E-state index in [1.54, 1.807) is 0 Å². The molecular weight excluding hydrogens is 498 g/mol. The van der Waals surface area contributed by atoms with Gasteiger partial charge < -0.3 is 9.47 Å². The molecule has 4 aromatic carbocycles. The van der Waals surface area contributed by atoms with E-state index in [4.69, 9.17) is 9.47 Å². The summed E-state index contributed by atoms with van der Waals surface area (Å²) in [6.45, 7) is 4.80. The van der Waals surface area contributed by atoms with Gasteiger partial charge in [0.15, 0.2) is 0 Å². The third-order valence-electron chi connectivity index (χ3n) is 7.20. The molecule has 1 fully saturated rings. The molecule has 1 aliphatic heterocycles. The number of benzene rings is 4. The van der Waals surface area contributed by atoms with Gasteiger partial charge in [0.1, 0.15) is 19.0 Å². The molecule has 2 atom stereocenters. The highest BCUT2D eigenvalue weighted by atomic mass is 16.6. The number of cyclic esters (lactones) is 1. The van der Waals surface area contributed by atoms with E-state index in [2.05, 4.69) is 19.9 Å². The molecule has 2 amide bonds. The van der Waals surface area contributed by atoms with Crippen LogP contribution in [0.15, 0.2) is 109 Å². The van der Waals surface area contributed by atoms with Gasteiger partial charge in [0.2, 0.25) is 5.91 Å². The molecule has 4 aromatic rings. The molecule has 5 nitrogen and oxygen atoms in total. The number of hydrogen-bond acceptors (Lipinski definition) is 4. The van der Waals surface area contributed by atoms with Crippen molar-refractivity contribution in [1.82, 2.24) is 4.90 Å². The zero-order valence-electron chi connectivity index (χ0n) is 23.0. The van der Waals surface area contributed by atoms with Crippen molar-refractivity contribution in [2.75, 3.05) is 6.61 Å². The lowest BCUT2D eigenvalue weighted by Gasteiger charge is -2.27. The summed E-state index contributed by atoms with van der Waals surface area (Å²) in [6, 6.07) is 35.7. The second kappa shape index (κ2) is 12.6. The molecule has 0 unspecified atom stereocenters. The Morgan fingerprint density at radius 3 is 2.12 bits per heavy atom. The highest BCUT2D eigenvalue weighted by Gasteiger charge is 2.41. The van der Waals surface area contributed by atoms with Crippen molar-refractivity contribution in [3.8, 4) is 16.9 Å². The van der Waals surface area contributed by atoms with Crippen molar-refractivity contribution >= 4 is 12.0 Å². The van der Waals surface area contributed by atoms with Gasteiger partial charge in [-0.1, -0.05) is 111 Å². The monoisotopic (exact) mass is 533 g/mol. The summed E-state index contributed by atoms with van der Waals surface area (Å²) in [7, 11) is 0. The molecule has 40 heavy (non-hydrogen) atoms. The number of ether oxygens (including phenoxy) is 2. The van der Waals surface area contributed by atoms with Crippen molar-refractivity contribution in [1.29, 1.82) is 0 Å². The fraction of sp³-hybridized carbons (Fsp3) is 0.257. The molecule has 1 saturated heterocycles. The Bertz CT molecular complexity index is 1420. The van der Waals surface area contributed by atoms with E-state index in [1.807, 2.05) is 103 Å². The van der Waals surface area contributed by atoms with E-state index in [9.17, 15) is 9.59 Å². The molecule has 5 heteroatoms. The minimum absolute atomic E-state index is 0.198. The molecule has 0 saturated carbocycles. The van der Waals surface area contributed by atoms with Crippen molar-refractivity contribution < 1.29 is 19.1 Å². The summed E-state index contributed by atoms with van der Waals surface area (Å²) >= 11 is 0. The molecule has 1 heterocycles. The van der Waals surface area contributed by atoms with E-state index in [0.717, 1.165) is 27.8 Å². The van der Waals surface area contributed by atoms with Crippen LogP contribution in [-0.4, -0.2) is 29.5 Å². The highest BCUT2D eigenvalue weighted by molar-refractivity contribution is 5.97. The molecule has 0 radical (unpaired) electrons. The second-order valence-corrected chi connectivity index (χ2v) is 10.7. The summed E-state index contributed by atoms with van der Waals surface area (Å²) in [5.41, 5.74) is 4.96. The number of hydrogen-bond donors (Lipinski definition) is 0. The summed E-state index contributed by atoms with van der Waals surface area (Å²) < 4.78 is 11.7. The fourth-order valence-electron chi connectivity index (χ4n) is 5.23. The molecular formula is C35H35NO4. The summed E-state index contributed by atoms with van der Waals surface area (Å²) in [5, 5.41) is 0. The molecule has 0 spiro atoms. The number of rotatable bonds is 10. The minimum Gasteiger partial charge on any atom is -0.489 e. The van der Waals surface area contributed by atoms with E-state index in [1.165, 1.54) is 4.90 Å². The van der Waals surface area contributed by atoms with Gasteiger partial charge >= 0.3 is 6.09 Å². The lowest BCUT2D eigenvalue weighted by molar-refractivity contribution is -0.131. The third-order valence-corrected chi connectivity index (χ3v) is 7.20. The van der Waals surface area contributed by atoms with Gasteiger partial charge in [0, 0.05) is 0 Å². The largest absolute Gasteiger partial charge is 0.489 e. The van der Waals surface area contributed by atoms with Crippen molar-refractivity contribution in [2.45, 2.75) is 45.3 Å². The molecule has 1 aliphatic rings. The van der Waals surface area contributed by atoms with Crippen molar-refractivity contribution in [3.63, 3.8) is 0 Å². The lowest BCUT2D eigenvalue weighted by Crippen LogP contribution is -2.43. The van der Waals surface area contributed by atoms with Gasteiger partial charge in [-0.15, -0.1) is 0 Å². The summed E-state index contributed by atoms with van der Waals surface area (Å²) in [5.74, 6) is 0.170. The maximum atomic E-state index is 14.2. The van der Waals surface area contributed by atoms with Crippen LogP contribution in [0.2, 0.25) is 0 Å². The van der Waals surface area contributed by atoms with E-state index < -0.39 is 12.0 Å². The topological polar surface area (TPSA) is 55.8 Å². The number of carbonyl (C=O) groups is 2. The van der Waals surface area contributed by atoms with Gasteiger partial charge in [0.05, 0.1) is 12.0 Å². The van der Waals surface area contributed by atoms with E-state index >= 15 is 0 Å². The fourth-order valence-corrected chi connectivity index (χ4v) is 5.23. The van der Waals surface area contributed by atoms with Gasteiger partial charge in [0.25, 0.3) is 0 Å². The Hall–Kier alpha value is -4.38. The van der Waals surface area contributed by atoms with Crippen LogP contribution in [0.3, 0.4) is 0 Å². The normalized spacial score (nSPS) is 15.6. The zero-order chi connectivity index (χ0) is 27.9. The third kappa shape index (κ3) is 6.60. The van der Waals surface area contributed by atoms with Gasteiger partial charge in [-0.2, -0.15) is 0 Å². The van der Waals surface area contributed by atoms with Crippen LogP contribution in [-0.2, 0) is 22.6 Å². The first-order chi connectivity index (χ1) is 19.5. The van der Waals surface area contributed by atoms with Crippen LogP contribution in [0.5, 0.6) is 5.75 Å². The molecule has 0 bridgehead atoms. The first kappa shape index (κ1) is 27.2. The van der Waals surface area contributed by atoms with Crippen LogP contribution >= 0.6 is 0 Å². The quantitative estimate of drug-likeness (QED) is 0.210. The van der Waals surface area contributed by atoms with Crippen LogP contribution in [0, 0.1) is 5.92 Å². The maximum absolute atomic E-state index is 14.2. The Balaban J connectivity index is 1.50. The van der Waals surface area contributed by atoms with E-state index in [-0.39, 0.29) is 24.5 Å². The van der Waals surface area contributed by atoms with Gasteiger partial charge in [-0.3, -0.25) is 4.79 Å². The number of nitrogens with zero attached hydrogens (tertiary/aromatic N) is 1. The van der Waals surface area contributed by atoms with Crippen LogP contribution in [0.4, 0.5) is 4.79 Å². The smallest absolute Gasteiger partial charge is 0.417 e. The zero-order valence-corrected chi connectivity index (χ0v) is 23.0. The van der Waals surface area contributed by atoms with E-state index in [0.29, 0.717) is 25.2 Å². The van der Waals surface area contributed by atoms with Gasteiger partial charge in [-0.25, -0.2) is 9.69 Å². The lowest BCUT2D eigenvalue weighted by atomic mass is 9.87. The predicted molar refractivity (Wildman–Crippen MR) is 157 cm³/mol. The molecule has 0 N–H and O–H groups in total. The summed E-state index contributed by atoms with van der Waals surface area (Å²) in [6.07, 6.45) is 0.582. The van der Waals surface area contributed by atoms with Crippen LogP contribution in [0.1, 0.15) is 42.9 Å².